The highest BCUT2D eigenvalue weighted by Crippen LogP contribution is 2.22. The van der Waals surface area contributed by atoms with Gasteiger partial charge in [-0.15, -0.1) is 0 Å². The maximum Gasteiger partial charge on any atom is 0.231 e. The van der Waals surface area contributed by atoms with Crippen molar-refractivity contribution in [2.75, 3.05) is 17.2 Å². The van der Waals surface area contributed by atoms with Gasteiger partial charge in [-0.25, -0.2) is 4.39 Å². The van der Waals surface area contributed by atoms with E-state index in [-0.39, 0.29) is 22.9 Å². The summed E-state index contributed by atoms with van der Waals surface area (Å²) in [6.07, 6.45) is -0.0796. The van der Waals surface area contributed by atoms with E-state index in [4.69, 9.17) is 17.3 Å². The highest BCUT2D eigenvalue weighted by atomic mass is 35.5. The van der Waals surface area contributed by atoms with Crippen molar-refractivity contribution >= 4 is 28.9 Å². The van der Waals surface area contributed by atoms with Gasteiger partial charge >= 0.3 is 0 Å². The second-order valence-electron chi connectivity index (χ2n) is 4.61. The van der Waals surface area contributed by atoms with E-state index in [1.807, 2.05) is 6.92 Å². The van der Waals surface area contributed by atoms with Crippen LogP contribution in [-0.2, 0) is 11.2 Å². The highest BCUT2D eigenvalue weighted by Gasteiger charge is 2.18. The Morgan fingerprint density at radius 2 is 1.90 bits per heavy atom. The molecule has 1 amide bonds. The fourth-order valence-electron chi connectivity index (χ4n) is 2.11. The minimum atomic E-state index is -0.468. The van der Waals surface area contributed by atoms with Gasteiger partial charge in [-0.3, -0.25) is 4.79 Å². The number of rotatable bonds is 4. The van der Waals surface area contributed by atoms with Crippen LogP contribution in [0.2, 0.25) is 5.02 Å². The summed E-state index contributed by atoms with van der Waals surface area (Å²) < 4.78 is 13.8. The van der Waals surface area contributed by atoms with E-state index in [9.17, 15) is 9.18 Å². The lowest BCUT2D eigenvalue weighted by atomic mass is 10.1. The molecule has 0 aliphatic carbocycles. The number of carbonyl (C=O) groups is 1. The molecule has 2 N–H and O–H groups in total. The number of amides is 1. The van der Waals surface area contributed by atoms with Crippen molar-refractivity contribution in [3.63, 3.8) is 0 Å². The van der Waals surface area contributed by atoms with Gasteiger partial charge in [-0.1, -0.05) is 17.7 Å². The van der Waals surface area contributed by atoms with Gasteiger partial charge < -0.3 is 10.6 Å². The average molecular weight is 307 g/mol. The molecule has 110 valence electrons. The topological polar surface area (TPSA) is 46.3 Å². The van der Waals surface area contributed by atoms with Crippen molar-refractivity contribution in [3.05, 3.63) is 58.9 Å². The van der Waals surface area contributed by atoms with Gasteiger partial charge in [0.15, 0.2) is 0 Å². The molecule has 0 fully saturated rings. The number of likely N-dealkylation sites (N-methyl/N-ethyl adjacent to an activating group) is 1. The first-order valence-electron chi connectivity index (χ1n) is 6.61. The van der Waals surface area contributed by atoms with Crippen LogP contribution in [0.25, 0.3) is 0 Å². The minimum absolute atomic E-state index is 0.0796. The maximum absolute atomic E-state index is 13.8. The monoisotopic (exact) mass is 306 g/mol. The van der Waals surface area contributed by atoms with Gasteiger partial charge in [-0.2, -0.15) is 0 Å². The first-order valence-corrected chi connectivity index (χ1v) is 6.99. The van der Waals surface area contributed by atoms with E-state index >= 15 is 0 Å². The van der Waals surface area contributed by atoms with E-state index in [1.165, 1.54) is 12.1 Å². The van der Waals surface area contributed by atoms with Crippen LogP contribution in [0.4, 0.5) is 15.8 Å². The van der Waals surface area contributed by atoms with Gasteiger partial charge in [0.1, 0.15) is 5.82 Å². The number of halogens is 2. The molecule has 0 atom stereocenters. The zero-order chi connectivity index (χ0) is 15.4. The van der Waals surface area contributed by atoms with Gasteiger partial charge in [0.05, 0.1) is 6.42 Å². The van der Waals surface area contributed by atoms with Crippen LogP contribution >= 0.6 is 11.6 Å². The Morgan fingerprint density at radius 3 is 2.48 bits per heavy atom. The number of hydrogen-bond donors (Lipinski definition) is 1. The molecule has 21 heavy (non-hydrogen) atoms. The first-order chi connectivity index (χ1) is 10.0. The summed E-state index contributed by atoms with van der Waals surface area (Å²) in [5, 5.41) is 0.261. The molecular formula is C16H16ClFN2O. The van der Waals surface area contributed by atoms with Crippen molar-refractivity contribution in [2.24, 2.45) is 0 Å². The van der Waals surface area contributed by atoms with Crippen LogP contribution < -0.4 is 10.6 Å². The Hall–Kier alpha value is -2.07. The van der Waals surface area contributed by atoms with Crippen molar-refractivity contribution in [1.29, 1.82) is 0 Å². The summed E-state index contributed by atoms with van der Waals surface area (Å²) in [5.41, 5.74) is 7.21. The molecule has 2 aromatic carbocycles. The molecule has 0 radical (unpaired) electrons. The van der Waals surface area contributed by atoms with Gasteiger partial charge in [0.25, 0.3) is 0 Å². The summed E-state index contributed by atoms with van der Waals surface area (Å²) in [6.45, 7) is 2.34. The fourth-order valence-corrected chi connectivity index (χ4v) is 2.33. The molecule has 0 unspecified atom stereocenters. The molecule has 0 spiro atoms. The van der Waals surface area contributed by atoms with Crippen LogP contribution in [-0.4, -0.2) is 12.5 Å². The molecule has 0 aromatic heterocycles. The summed E-state index contributed by atoms with van der Waals surface area (Å²) >= 11 is 5.96. The van der Waals surface area contributed by atoms with E-state index < -0.39 is 5.82 Å². The van der Waals surface area contributed by atoms with Crippen LogP contribution in [0.15, 0.2) is 42.5 Å². The largest absolute Gasteiger partial charge is 0.399 e. The SMILES string of the molecule is CCN(C(=O)Cc1c(F)cccc1Cl)c1ccc(N)cc1. The van der Waals surface area contributed by atoms with Crippen molar-refractivity contribution < 1.29 is 9.18 Å². The zero-order valence-corrected chi connectivity index (χ0v) is 12.4. The molecule has 2 rings (SSSR count). The molecule has 0 aliphatic heterocycles. The van der Waals surface area contributed by atoms with Gasteiger partial charge in [0, 0.05) is 28.5 Å². The maximum atomic E-state index is 13.8. The van der Waals surface area contributed by atoms with Crippen LogP contribution in [0.3, 0.4) is 0 Å². The van der Waals surface area contributed by atoms with E-state index in [0.29, 0.717) is 12.2 Å². The molecule has 3 nitrogen and oxygen atoms in total. The standard InChI is InChI=1S/C16H16ClFN2O/c1-2-20(12-8-6-11(19)7-9-12)16(21)10-13-14(17)4-3-5-15(13)18/h3-9H,2,10,19H2,1H3. The third-order valence-electron chi connectivity index (χ3n) is 3.21. The van der Waals surface area contributed by atoms with Crippen molar-refractivity contribution in [2.45, 2.75) is 13.3 Å². The molecule has 0 heterocycles. The molecule has 0 saturated carbocycles. The highest BCUT2D eigenvalue weighted by molar-refractivity contribution is 6.31. The lowest BCUT2D eigenvalue weighted by Crippen LogP contribution is -2.32. The third-order valence-corrected chi connectivity index (χ3v) is 3.57. The number of nitrogens with two attached hydrogens (primary N) is 1. The lowest BCUT2D eigenvalue weighted by Gasteiger charge is -2.21. The number of nitrogen functional groups attached to an aromatic ring is 1. The van der Waals surface area contributed by atoms with Crippen molar-refractivity contribution in [3.8, 4) is 0 Å². The normalized spacial score (nSPS) is 10.4. The Balaban J connectivity index is 2.23. The van der Waals surface area contributed by atoms with Crippen LogP contribution in [0.5, 0.6) is 0 Å². The van der Waals surface area contributed by atoms with E-state index in [2.05, 4.69) is 0 Å². The molecular weight excluding hydrogens is 291 g/mol. The molecule has 0 aliphatic rings. The molecule has 0 bridgehead atoms. The summed E-state index contributed by atoms with van der Waals surface area (Å²) in [4.78, 5) is 14.0. The minimum Gasteiger partial charge on any atom is -0.399 e. The fraction of sp³-hybridized carbons (Fsp3) is 0.188. The zero-order valence-electron chi connectivity index (χ0n) is 11.6. The number of nitrogens with zero attached hydrogens (tertiary/aromatic N) is 1. The Bertz CT molecular complexity index is 623. The summed E-state index contributed by atoms with van der Waals surface area (Å²) in [6, 6.07) is 11.4. The van der Waals surface area contributed by atoms with E-state index in [0.717, 1.165) is 5.69 Å². The molecule has 0 saturated heterocycles. The Labute approximate surface area is 128 Å². The lowest BCUT2D eigenvalue weighted by molar-refractivity contribution is -0.118. The summed E-state index contributed by atoms with van der Waals surface area (Å²) in [5.74, 6) is -0.682. The van der Waals surface area contributed by atoms with E-state index in [1.54, 1.807) is 35.2 Å². The molecule has 5 heteroatoms. The second kappa shape index (κ2) is 6.59. The quantitative estimate of drug-likeness (QED) is 0.876. The van der Waals surface area contributed by atoms with Crippen molar-refractivity contribution in [1.82, 2.24) is 0 Å². The number of benzene rings is 2. The number of hydrogen-bond acceptors (Lipinski definition) is 2. The van der Waals surface area contributed by atoms with Crippen LogP contribution in [0, 0.1) is 5.82 Å². The van der Waals surface area contributed by atoms with Gasteiger partial charge in [-0.05, 0) is 43.3 Å². The molecule has 2 aromatic rings. The summed E-state index contributed by atoms with van der Waals surface area (Å²) in [7, 11) is 0. The Kier molecular flexibility index (Phi) is 4.81. The number of anilines is 2. The third kappa shape index (κ3) is 3.52. The van der Waals surface area contributed by atoms with Crippen LogP contribution in [0.1, 0.15) is 12.5 Å². The second-order valence-corrected chi connectivity index (χ2v) is 5.01. The smallest absolute Gasteiger partial charge is 0.231 e. The predicted molar refractivity (Wildman–Crippen MR) is 84.0 cm³/mol. The number of carbonyl (C=O) groups excluding carboxylic acids is 1. The van der Waals surface area contributed by atoms with Gasteiger partial charge in [0.2, 0.25) is 5.91 Å². The average Bonchev–Trinajstić information content (AvgIpc) is 2.46. The predicted octanol–water partition coefficient (Wildman–Crippen LogP) is 3.66. The first kappa shape index (κ1) is 15.3. The Morgan fingerprint density at radius 1 is 1.24 bits per heavy atom.